The van der Waals surface area contributed by atoms with Crippen LogP contribution in [0.5, 0.6) is 0 Å². The SMILES string of the molecule is C[C@H]1OCCN[C@@H]1C(=O)N1CCOC(c2ccc(F)c(Cl)c2)C1.Cl. The number of ether oxygens (including phenoxy) is 2. The number of hydrogen-bond donors (Lipinski definition) is 1. The molecule has 2 fully saturated rings. The van der Waals surface area contributed by atoms with E-state index >= 15 is 0 Å². The molecule has 1 amide bonds. The quantitative estimate of drug-likeness (QED) is 0.856. The summed E-state index contributed by atoms with van der Waals surface area (Å²) >= 11 is 5.84. The topological polar surface area (TPSA) is 50.8 Å². The molecule has 24 heavy (non-hydrogen) atoms. The first-order valence-electron chi connectivity index (χ1n) is 7.76. The molecule has 8 heteroatoms. The number of morpholine rings is 2. The first-order valence-corrected chi connectivity index (χ1v) is 8.14. The van der Waals surface area contributed by atoms with E-state index in [2.05, 4.69) is 5.32 Å². The molecular formula is C16H21Cl2FN2O3. The van der Waals surface area contributed by atoms with Gasteiger partial charge in [-0.15, -0.1) is 12.4 Å². The Kier molecular flexibility index (Phi) is 6.83. The van der Waals surface area contributed by atoms with Crippen LogP contribution in [0, 0.1) is 5.82 Å². The first kappa shape index (κ1) is 19.4. The smallest absolute Gasteiger partial charge is 0.242 e. The number of nitrogens with zero attached hydrogens (tertiary/aromatic N) is 1. The molecule has 0 bridgehead atoms. The van der Waals surface area contributed by atoms with Gasteiger partial charge in [0.1, 0.15) is 18.0 Å². The maximum absolute atomic E-state index is 13.3. The standard InChI is InChI=1S/C16H20ClFN2O3.ClH/c1-10-15(19-4-6-22-10)16(21)20-5-7-23-14(9-20)11-2-3-13(18)12(17)8-11;/h2-3,8,10,14-15,19H,4-7,9H2,1H3;1H/t10-,14?,15+;/m1./s1. The van der Waals surface area contributed by atoms with E-state index in [1.807, 2.05) is 6.92 Å². The molecule has 3 rings (SSSR count). The summed E-state index contributed by atoms with van der Waals surface area (Å²) < 4.78 is 24.6. The molecule has 0 spiro atoms. The van der Waals surface area contributed by atoms with E-state index in [9.17, 15) is 9.18 Å². The van der Waals surface area contributed by atoms with Gasteiger partial charge in [-0.25, -0.2) is 4.39 Å². The van der Waals surface area contributed by atoms with Crippen LogP contribution in [0.1, 0.15) is 18.6 Å². The van der Waals surface area contributed by atoms with Crippen molar-refractivity contribution in [1.82, 2.24) is 10.2 Å². The number of carbonyl (C=O) groups excluding carboxylic acids is 1. The zero-order chi connectivity index (χ0) is 16.4. The van der Waals surface area contributed by atoms with Crippen molar-refractivity contribution in [2.45, 2.75) is 25.2 Å². The van der Waals surface area contributed by atoms with Crippen LogP contribution in [0.4, 0.5) is 4.39 Å². The molecule has 5 nitrogen and oxygen atoms in total. The van der Waals surface area contributed by atoms with Crippen molar-refractivity contribution in [3.63, 3.8) is 0 Å². The molecular weight excluding hydrogens is 358 g/mol. The monoisotopic (exact) mass is 378 g/mol. The Bertz CT molecular complexity index is 590. The van der Waals surface area contributed by atoms with Crippen molar-refractivity contribution in [2.24, 2.45) is 0 Å². The number of carbonyl (C=O) groups is 1. The fraction of sp³-hybridized carbons (Fsp3) is 0.562. The Morgan fingerprint density at radius 2 is 2.17 bits per heavy atom. The van der Waals surface area contributed by atoms with Crippen LogP contribution < -0.4 is 5.32 Å². The number of amides is 1. The molecule has 1 aromatic carbocycles. The third kappa shape index (κ3) is 4.18. The fourth-order valence-corrected chi connectivity index (χ4v) is 3.16. The molecule has 2 aliphatic heterocycles. The Hall–Kier alpha value is -0.920. The minimum atomic E-state index is -0.462. The lowest BCUT2D eigenvalue weighted by molar-refractivity contribution is -0.147. The Balaban J connectivity index is 0.00000208. The van der Waals surface area contributed by atoms with Gasteiger partial charge in [0, 0.05) is 13.1 Å². The molecule has 0 saturated carbocycles. The number of benzene rings is 1. The first-order chi connectivity index (χ1) is 11.1. The summed E-state index contributed by atoms with van der Waals surface area (Å²) in [5.41, 5.74) is 0.773. The summed E-state index contributed by atoms with van der Waals surface area (Å²) in [4.78, 5) is 14.5. The van der Waals surface area contributed by atoms with Gasteiger partial charge in [-0.3, -0.25) is 4.79 Å². The molecule has 1 aromatic rings. The summed E-state index contributed by atoms with van der Waals surface area (Å²) in [5.74, 6) is -0.449. The summed E-state index contributed by atoms with van der Waals surface area (Å²) in [6.07, 6.45) is -0.455. The lowest BCUT2D eigenvalue weighted by Gasteiger charge is -2.38. The minimum absolute atomic E-state index is 0. The van der Waals surface area contributed by atoms with E-state index in [0.29, 0.717) is 32.8 Å². The second-order valence-electron chi connectivity index (χ2n) is 5.82. The highest BCUT2D eigenvalue weighted by atomic mass is 35.5. The van der Waals surface area contributed by atoms with Crippen LogP contribution in [0.3, 0.4) is 0 Å². The predicted octanol–water partition coefficient (Wildman–Crippen LogP) is 2.18. The van der Waals surface area contributed by atoms with Crippen molar-refractivity contribution >= 4 is 29.9 Å². The number of nitrogens with one attached hydrogen (secondary N) is 1. The van der Waals surface area contributed by atoms with Crippen molar-refractivity contribution < 1.29 is 18.7 Å². The van der Waals surface area contributed by atoms with Crippen LogP contribution in [0.25, 0.3) is 0 Å². The summed E-state index contributed by atoms with van der Waals surface area (Å²) in [7, 11) is 0. The molecule has 0 radical (unpaired) electrons. The number of halogens is 3. The van der Waals surface area contributed by atoms with E-state index in [1.165, 1.54) is 6.07 Å². The van der Waals surface area contributed by atoms with Crippen molar-refractivity contribution in [1.29, 1.82) is 0 Å². The summed E-state index contributed by atoms with van der Waals surface area (Å²) in [6, 6.07) is 4.18. The van der Waals surface area contributed by atoms with Gasteiger partial charge < -0.3 is 19.7 Å². The summed E-state index contributed by atoms with van der Waals surface area (Å²) in [6.45, 7) is 4.58. The molecule has 2 saturated heterocycles. The third-order valence-electron chi connectivity index (χ3n) is 4.28. The molecule has 2 aliphatic rings. The highest BCUT2D eigenvalue weighted by Gasteiger charge is 2.34. The molecule has 1 N–H and O–H groups in total. The van der Waals surface area contributed by atoms with Gasteiger partial charge in [-0.05, 0) is 24.6 Å². The number of hydrogen-bond acceptors (Lipinski definition) is 4. The largest absolute Gasteiger partial charge is 0.375 e. The molecule has 1 unspecified atom stereocenters. The lowest BCUT2D eigenvalue weighted by atomic mass is 10.1. The van der Waals surface area contributed by atoms with Crippen LogP contribution >= 0.6 is 24.0 Å². The maximum Gasteiger partial charge on any atom is 0.242 e. The van der Waals surface area contributed by atoms with Gasteiger partial charge in [-0.1, -0.05) is 17.7 Å². The molecule has 0 aliphatic carbocycles. The maximum atomic E-state index is 13.3. The van der Waals surface area contributed by atoms with Crippen LogP contribution in [0.2, 0.25) is 5.02 Å². The van der Waals surface area contributed by atoms with Crippen molar-refractivity contribution in [2.75, 3.05) is 32.8 Å². The highest BCUT2D eigenvalue weighted by molar-refractivity contribution is 6.30. The average molecular weight is 379 g/mol. The predicted molar refractivity (Wildman–Crippen MR) is 91.1 cm³/mol. The molecule has 0 aromatic heterocycles. The van der Waals surface area contributed by atoms with Gasteiger partial charge in [0.2, 0.25) is 5.91 Å². The van der Waals surface area contributed by atoms with Gasteiger partial charge >= 0.3 is 0 Å². The normalized spacial score (nSPS) is 27.5. The third-order valence-corrected chi connectivity index (χ3v) is 4.57. The Morgan fingerprint density at radius 1 is 1.38 bits per heavy atom. The Morgan fingerprint density at radius 3 is 2.88 bits per heavy atom. The van der Waals surface area contributed by atoms with E-state index in [4.69, 9.17) is 21.1 Å². The van der Waals surface area contributed by atoms with Crippen LogP contribution in [-0.4, -0.2) is 55.8 Å². The minimum Gasteiger partial charge on any atom is -0.375 e. The zero-order valence-corrected chi connectivity index (χ0v) is 14.9. The summed E-state index contributed by atoms with van der Waals surface area (Å²) in [5, 5.41) is 3.27. The Labute approximate surface area is 151 Å². The van der Waals surface area contributed by atoms with Gasteiger partial charge in [0.25, 0.3) is 0 Å². The molecule has 3 atom stereocenters. The second kappa shape index (κ2) is 8.45. The van der Waals surface area contributed by atoms with Gasteiger partial charge in [-0.2, -0.15) is 0 Å². The second-order valence-corrected chi connectivity index (χ2v) is 6.23. The van der Waals surface area contributed by atoms with E-state index < -0.39 is 5.82 Å². The lowest BCUT2D eigenvalue weighted by Crippen LogP contribution is -2.58. The van der Waals surface area contributed by atoms with E-state index in [1.54, 1.807) is 17.0 Å². The van der Waals surface area contributed by atoms with Crippen LogP contribution in [-0.2, 0) is 14.3 Å². The molecule has 134 valence electrons. The van der Waals surface area contributed by atoms with Gasteiger partial charge in [0.05, 0.1) is 30.9 Å². The number of rotatable bonds is 2. The molecule has 2 heterocycles. The van der Waals surface area contributed by atoms with E-state index in [-0.39, 0.29) is 41.6 Å². The van der Waals surface area contributed by atoms with Crippen molar-refractivity contribution in [3.05, 3.63) is 34.6 Å². The average Bonchev–Trinajstić information content (AvgIpc) is 2.57. The van der Waals surface area contributed by atoms with E-state index in [0.717, 1.165) is 5.56 Å². The highest BCUT2D eigenvalue weighted by Crippen LogP contribution is 2.26. The fourth-order valence-electron chi connectivity index (χ4n) is 2.97. The van der Waals surface area contributed by atoms with Crippen LogP contribution in [0.15, 0.2) is 18.2 Å². The van der Waals surface area contributed by atoms with Crippen molar-refractivity contribution in [3.8, 4) is 0 Å². The van der Waals surface area contributed by atoms with Gasteiger partial charge in [0.15, 0.2) is 0 Å². The zero-order valence-electron chi connectivity index (χ0n) is 13.3.